The zero-order valence-electron chi connectivity index (χ0n) is 17.9. The summed E-state index contributed by atoms with van der Waals surface area (Å²) in [5.74, 6) is 1.60. The van der Waals surface area contributed by atoms with Crippen molar-refractivity contribution in [2.24, 2.45) is 7.05 Å². The summed E-state index contributed by atoms with van der Waals surface area (Å²) in [6.45, 7) is 0.376. The standard InChI is InChI=1S/C25H24N4O3/c1-29-15-14-27-24(29)23(19-8-10-21(31-2)11-9-19)28-25(30)20-12-13-26-22(16-20)32-17-18-6-4-3-5-7-18/h3-16,23H,17H2,1-2H3,(H,28,30). The van der Waals surface area contributed by atoms with Gasteiger partial charge < -0.3 is 19.4 Å². The molecule has 0 bridgehead atoms. The van der Waals surface area contributed by atoms with E-state index in [1.54, 1.807) is 31.6 Å². The number of aryl methyl sites for hydroxylation is 1. The number of amides is 1. The molecule has 2 aromatic carbocycles. The average molecular weight is 428 g/mol. The zero-order chi connectivity index (χ0) is 22.3. The Morgan fingerprint density at radius 2 is 1.81 bits per heavy atom. The maximum Gasteiger partial charge on any atom is 0.252 e. The Labute approximate surface area is 186 Å². The molecule has 0 aliphatic carbocycles. The summed E-state index contributed by atoms with van der Waals surface area (Å²) >= 11 is 0. The number of aromatic nitrogens is 3. The Bertz CT molecular complexity index is 1170. The van der Waals surface area contributed by atoms with Gasteiger partial charge in [-0.3, -0.25) is 4.79 Å². The van der Waals surface area contributed by atoms with E-state index in [9.17, 15) is 4.79 Å². The van der Waals surface area contributed by atoms with E-state index in [0.717, 1.165) is 22.7 Å². The van der Waals surface area contributed by atoms with Crippen LogP contribution in [0.5, 0.6) is 11.6 Å². The first-order valence-electron chi connectivity index (χ1n) is 10.2. The first-order chi connectivity index (χ1) is 15.6. The predicted molar refractivity (Wildman–Crippen MR) is 121 cm³/mol. The molecule has 4 rings (SSSR count). The number of pyridine rings is 1. The molecule has 0 saturated carbocycles. The van der Waals surface area contributed by atoms with Crippen molar-refractivity contribution in [3.63, 3.8) is 0 Å². The van der Waals surface area contributed by atoms with Gasteiger partial charge in [-0.05, 0) is 29.3 Å². The van der Waals surface area contributed by atoms with Gasteiger partial charge in [-0.2, -0.15) is 0 Å². The molecule has 0 saturated heterocycles. The summed E-state index contributed by atoms with van der Waals surface area (Å²) < 4.78 is 12.9. The second-order valence-corrected chi connectivity index (χ2v) is 7.23. The van der Waals surface area contributed by atoms with Crippen molar-refractivity contribution in [3.8, 4) is 11.6 Å². The van der Waals surface area contributed by atoms with Crippen molar-refractivity contribution >= 4 is 5.91 Å². The molecule has 162 valence electrons. The molecule has 0 aliphatic heterocycles. The van der Waals surface area contributed by atoms with Gasteiger partial charge in [-0.15, -0.1) is 0 Å². The third-order valence-corrected chi connectivity index (χ3v) is 5.07. The third-order valence-electron chi connectivity index (χ3n) is 5.07. The highest BCUT2D eigenvalue weighted by atomic mass is 16.5. The van der Waals surface area contributed by atoms with Crippen molar-refractivity contribution in [2.45, 2.75) is 12.6 Å². The normalized spacial score (nSPS) is 11.6. The Morgan fingerprint density at radius 3 is 2.50 bits per heavy atom. The van der Waals surface area contributed by atoms with Crippen LogP contribution in [-0.2, 0) is 13.7 Å². The summed E-state index contributed by atoms with van der Waals surface area (Å²) in [6, 6.07) is 20.2. The molecule has 7 heteroatoms. The minimum atomic E-state index is -0.435. The molecule has 4 aromatic rings. The van der Waals surface area contributed by atoms with Crippen molar-refractivity contribution in [2.75, 3.05) is 7.11 Å². The summed E-state index contributed by atoms with van der Waals surface area (Å²) in [4.78, 5) is 21.8. The number of hydrogen-bond acceptors (Lipinski definition) is 5. The Kier molecular flexibility index (Phi) is 6.46. The molecule has 1 N–H and O–H groups in total. The van der Waals surface area contributed by atoms with Gasteiger partial charge in [0.1, 0.15) is 24.2 Å². The second kappa shape index (κ2) is 9.78. The van der Waals surface area contributed by atoms with Crippen molar-refractivity contribution in [1.29, 1.82) is 0 Å². The maximum absolute atomic E-state index is 13.1. The van der Waals surface area contributed by atoms with E-state index >= 15 is 0 Å². The van der Waals surface area contributed by atoms with Gasteiger partial charge in [-0.25, -0.2) is 9.97 Å². The minimum absolute atomic E-state index is 0.249. The van der Waals surface area contributed by atoms with Crippen LogP contribution < -0.4 is 14.8 Å². The summed E-state index contributed by atoms with van der Waals surface area (Å²) in [5.41, 5.74) is 2.37. The van der Waals surface area contributed by atoms with Gasteiger partial charge in [0.2, 0.25) is 5.88 Å². The number of carbonyl (C=O) groups excluding carboxylic acids is 1. The molecule has 1 unspecified atom stereocenters. The van der Waals surface area contributed by atoms with Crippen LogP contribution in [0.1, 0.15) is 33.4 Å². The number of hydrogen-bond donors (Lipinski definition) is 1. The number of carbonyl (C=O) groups is 1. The highest BCUT2D eigenvalue weighted by Gasteiger charge is 2.22. The summed E-state index contributed by atoms with van der Waals surface area (Å²) in [7, 11) is 3.51. The third kappa shape index (κ3) is 4.95. The fraction of sp³-hybridized carbons (Fsp3) is 0.160. The number of imidazole rings is 1. The maximum atomic E-state index is 13.1. The van der Waals surface area contributed by atoms with Crippen LogP contribution in [0.15, 0.2) is 85.3 Å². The van der Waals surface area contributed by atoms with E-state index in [0.29, 0.717) is 18.1 Å². The van der Waals surface area contributed by atoms with Gasteiger partial charge in [0.15, 0.2) is 0 Å². The number of nitrogens with one attached hydrogen (secondary N) is 1. The smallest absolute Gasteiger partial charge is 0.252 e. The zero-order valence-corrected chi connectivity index (χ0v) is 17.9. The molecule has 0 aliphatic rings. The van der Waals surface area contributed by atoms with Crippen LogP contribution in [-0.4, -0.2) is 27.6 Å². The molecular weight excluding hydrogens is 404 g/mol. The summed E-state index contributed by atoms with van der Waals surface area (Å²) in [6.07, 6.45) is 5.12. The second-order valence-electron chi connectivity index (χ2n) is 7.23. The van der Waals surface area contributed by atoms with Crippen LogP contribution >= 0.6 is 0 Å². The van der Waals surface area contributed by atoms with Crippen LogP contribution in [0.4, 0.5) is 0 Å². The van der Waals surface area contributed by atoms with Gasteiger partial charge in [0, 0.05) is 37.3 Å². The average Bonchev–Trinajstić information content (AvgIpc) is 3.27. The van der Waals surface area contributed by atoms with Crippen LogP contribution in [0, 0.1) is 0 Å². The number of methoxy groups -OCH3 is 1. The van der Waals surface area contributed by atoms with Crippen molar-refractivity contribution in [1.82, 2.24) is 19.9 Å². The lowest BCUT2D eigenvalue weighted by molar-refractivity contribution is 0.0940. The van der Waals surface area contributed by atoms with E-state index < -0.39 is 6.04 Å². The Balaban J connectivity index is 1.53. The molecule has 0 spiro atoms. The monoisotopic (exact) mass is 428 g/mol. The van der Waals surface area contributed by atoms with Gasteiger partial charge in [0.25, 0.3) is 5.91 Å². The highest BCUT2D eigenvalue weighted by Crippen LogP contribution is 2.24. The summed E-state index contributed by atoms with van der Waals surface area (Å²) in [5, 5.41) is 3.08. The van der Waals surface area contributed by atoms with Crippen LogP contribution in [0.25, 0.3) is 0 Å². The van der Waals surface area contributed by atoms with Crippen LogP contribution in [0.3, 0.4) is 0 Å². The molecule has 0 fully saturated rings. The van der Waals surface area contributed by atoms with E-state index in [1.807, 2.05) is 72.4 Å². The fourth-order valence-electron chi connectivity index (χ4n) is 3.32. The van der Waals surface area contributed by atoms with Gasteiger partial charge in [-0.1, -0.05) is 42.5 Å². The first kappa shape index (κ1) is 21.1. The molecule has 2 aromatic heterocycles. The Hall–Kier alpha value is -4.13. The molecule has 1 amide bonds. The van der Waals surface area contributed by atoms with E-state index in [4.69, 9.17) is 9.47 Å². The SMILES string of the molecule is COc1ccc(C(NC(=O)c2ccnc(OCc3ccccc3)c2)c2nccn2C)cc1. The first-order valence-corrected chi connectivity index (χ1v) is 10.2. The number of benzene rings is 2. The Morgan fingerprint density at radius 1 is 1.03 bits per heavy atom. The minimum Gasteiger partial charge on any atom is -0.497 e. The highest BCUT2D eigenvalue weighted by molar-refractivity contribution is 5.94. The van der Waals surface area contributed by atoms with Gasteiger partial charge >= 0.3 is 0 Å². The van der Waals surface area contributed by atoms with Crippen LogP contribution in [0.2, 0.25) is 0 Å². The predicted octanol–water partition coefficient (Wildman–Crippen LogP) is 3.92. The number of rotatable bonds is 8. The number of nitrogens with zero attached hydrogens (tertiary/aromatic N) is 3. The van der Waals surface area contributed by atoms with Crippen molar-refractivity contribution < 1.29 is 14.3 Å². The van der Waals surface area contributed by atoms with E-state index in [2.05, 4.69) is 15.3 Å². The molecule has 32 heavy (non-hydrogen) atoms. The number of ether oxygens (including phenoxy) is 2. The van der Waals surface area contributed by atoms with E-state index in [1.165, 1.54) is 0 Å². The molecule has 7 nitrogen and oxygen atoms in total. The lowest BCUT2D eigenvalue weighted by Gasteiger charge is -2.19. The topological polar surface area (TPSA) is 78.3 Å². The van der Waals surface area contributed by atoms with Gasteiger partial charge in [0.05, 0.1) is 7.11 Å². The lowest BCUT2D eigenvalue weighted by atomic mass is 10.1. The lowest BCUT2D eigenvalue weighted by Crippen LogP contribution is -2.31. The molecule has 0 radical (unpaired) electrons. The molecular formula is C25H24N4O3. The quantitative estimate of drug-likeness (QED) is 0.460. The largest absolute Gasteiger partial charge is 0.497 e. The van der Waals surface area contributed by atoms with E-state index in [-0.39, 0.29) is 5.91 Å². The fourth-order valence-corrected chi connectivity index (χ4v) is 3.32. The van der Waals surface area contributed by atoms with Crippen molar-refractivity contribution in [3.05, 3.63) is 108 Å². The molecule has 2 heterocycles. The molecule has 1 atom stereocenters.